The standard InChI is InChI=1S/C19H26BrNO6S/c1-28(25,26)21(12-5-3-2-4-11-19(23)24)13-7-9-17(22)15-27-18-10-6-8-16(20)14-18/h6,8,10,14,17,22H,2,4,7,9,11-13,15H2,1H3,(H,23,24). The molecule has 1 unspecified atom stereocenters. The molecule has 156 valence electrons. The summed E-state index contributed by atoms with van der Waals surface area (Å²) < 4.78 is 31.3. The normalized spacial score (nSPS) is 12.3. The lowest BCUT2D eigenvalue weighted by atomic mass is 10.2. The average Bonchev–Trinajstić information content (AvgIpc) is 2.60. The highest BCUT2D eigenvalue weighted by Crippen LogP contribution is 2.18. The van der Waals surface area contributed by atoms with E-state index in [0.29, 0.717) is 31.4 Å². The highest BCUT2D eigenvalue weighted by Gasteiger charge is 2.16. The third-order valence-electron chi connectivity index (χ3n) is 3.73. The summed E-state index contributed by atoms with van der Waals surface area (Å²) in [6, 6.07) is 7.29. The summed E-state index contributed by atoms with van der Waals surface area (Å²) in [4.78, 5) is 10.4. The first-order valence-corrected chi connectivity index (χ1v) is 11.5. The van der Waals surface area contributed by atoms with Gasteiger partial charge >= 0.3 is 5.97 Å². The number of hydrogen-bond acceptors (Lipinski definition) is 5. The molecule has 7 nitrogen and oxygen atoms in total. The number of benzene rings is 1. The van der Waals surface area contributed by atoms with Crippen molar-refractivity contribution >= 4 is 31.9 Å². The molecule has 0 radical (unpaired) electrons. The number of nitrogens with zero attached hydrogens (tertiary/aromatic N) is 1. The SMILES string of the molecule is CS(=O)(=O)N(CC#CCCCC(=O)O)CCCC(O)COc1cccc(Br)c1. The van der Waals surface area contributed by atoms with Gasteiger partial charge in [0.1, 0.15) is 12.4 Å². The molecule has 1 aromatic carbocycles. The van der Waals surface area contributed by atoms with Gasteiger partial charge in [0.25, 0.3) is 0 Å². The van der Waals surface area contributed by atoms with E-state index in [9.17, 15) is 18.3 Å². The molecule has 28 heavy (non-hydrogen) atoms. The second kappa shape index (κ2) is 12.8. The second-order valence-corrected chi connectivity index (χ2v) is 9.16. The van der Waals surface area contributed by atoms with Crippen molar-refractivity contribution in [1.82, 2.24) is 4.31 Å². The number of ether oxygens (including phenoxy) is 1. The van der Waals surface area contributed by atoms with Crippen molar-refractivity contribution in [2.24, 2.45) is 0 Å². The highest BCUT2D eigenvalue weighted by atomic mass is 79.9. The number of halogens is 1. The lowest BCUT2D eigenvalue weighted by Crippen LogP contribution is -2.32. The summed E-state index contributed by atoms with van der Waals surface area (Å²) in [6.07, 6.45) is 2.17. The maximum atomic E-state index is 11.8. The molecule has 0 spiro atoms. The Balaban J connectivity index is 2.36. The lowest BCUT2D eigenvalue weighted by Gasteiger charge is -2.18. The van der Waals surface area contributed by atoms with Gasteiger partial charge in [0.2, 0.25) is 10.0 Å². The molecule has 0 amide bonds. The van der Waals surface area contributed by atoms with E-state index in [2.05, 4.69) is 27.8 Å². The summed E-state index contributed by atoms with van der Waals surface area (Å²) in [7, 11) is -3.41. The van der Waals surface area contributed by atoms with Crippen LogP contribution in [0.3, 0.4) is 0 Å². The van der Waals surface area contributed by atoms with Crippen molar-refractivity contribution in [3.63, 3.8) is 0 Å². The lowest BCUT2D eigenvalue weighted by molar-refractivity contribution is -0.137. The Morgan fingerprint density at radius 3 is 2.71 bits per heavy atom. The molecule has 0 aromatic heterocycles. The number of hydrogen-bond donors (Lipinski definition) is 2. The Hall–Kier alpha value is -1.60. The fourth-order valence-corrected chi connectivity index (χ4v) is 3.40. The van der Waals surface area contributed by atoms with Crippen molar-refractivity contribution in [3.8, 4) is 17.6 Å². The van der Waals surface area contributed by atoms with E-state index in [0.717, 1.165) is 10.7 Å². The molecule has 0 fully saturated rings. The van der Waals surface area contributed by atoms with E-state index >= 15 is 0 Å². The monoisotopic (exact) mass is 475 g/mol. The van der Waals surface area contributed by atoms with Crippen LogP contribution < -0.4 is 4.74 Å². The number of aliphatic hydroxyl groups excluding tert-OH is 1. The summed E-state index contributed by atoms with van der Waals surface area (Å²) in [6.45, 7) is 0.422. The van der Waals surface area contributed by atoms with Gasteiger partial charge in [-0.2, -0.15) is 4.31 Å². The largest absolute Gasteiger partial charge is 0.491 e. The van der Waals surface area contributed by atoms with Gasteiger partial charge in [-0.3, -0.25) is 4.79 Å². The minimum atomic E-state index is -3.41. The van der Waals surface area contributed by atoms with E-state index < -0.39 is 22.1 Å². The quantitative estimate of drug-likeness (QED) is 0.355. The van der Waals surface area contributed by atoms with Crippen LogP contribution >= 0.6 is 15.9 Å². The number of unbranched alkanes of at least 4 members (excludes halogenated alkanes) is 1. The zero-order chi connectivity index (χ0) is 21.0. The van der Waals surface area contributed by atoms with Crippen molar-refractivity contribution in [2.75, 3.05) is 26.0 Å². The van der Waals surface area contributed by atoms with Gasteiger partial charge < -0.3 is 14.9 Å². The number of carbonyl (C=O) groups is 1. The van der Waals surface area contributed by atoms with Gasteiger partial charge in [-0.15, -0.1) is 5.92 Å². The van der Waals surface area contributed by atoms with Gasteiger partial charge in [0.15, 0.2) is 0 Å². The van der Waals surface area contributed by atoms with Crippen molar-refractivity contribution in [1.29, 1.82) is 0 Å². The fourth-order valence-electron chi connectivity index (χ4n) is 2.26. The Morgan fingerprint density at radius 1 is 1.32 bits per heavy atom. The Labute approximate surface area is 174 Å². The third-order valence-corrected chi connectivity index (χ3v) is 5.47. The topological polar surface area (TPSA) is 104 Å². The minimum absolute atomic E-state index is 0.0460. The van der Waals surface area contributed by atoms with Crippen molar-refractivity contribution < 1.29 is 28.2 Å². The second-order valence-electron chi connectivity index (χ2n) is 6.26. The molecule has 1 rings (SSSR count). The highest BCUT2D eigenvalue weighted by molar-refractivity contribution is 9.10. The molecule has 0 aliphatic carbocycles. The van der Waals surface area contributed by atoms with Crippen molar-refractivity contribution in [2.45, 2.75) is 38.2 Å². The van der Waals surface area contributed by atoms with E-state index in [-0.39, 0.29) is 26.1 Å². The number of rotatable bonds is 12. The maximum absolute atomic E-state index is 11.8. The molecule has 9 heteroatoms. The van der Waals surface area contributed by atoms with Crippen LogP contribution in [-0.2, 0) is 14.8 Å². The fraction of sp³-hybridized carbons (Fsp3) is 0.526. The first-order valence-electron chi connectivity index (χ1n) is 8.87. The molecule has 2 N–H and O–H groups in total. The first kappa shape index (κ1) is 24.4. The average molecular weight is 476 g/mol. The molecule has 0 bridgehead atoms. The van der Waals surface area contributed by atoms with Gasteiger partial charge in [-0.1, -0.05) is 27.9 Å². The summed E-state index contributed by atoms with van der Waals surface area (Å²) in [5, 5.41) is 18.6. The van der Waals surface area contributed by atoms with Gasteiger partial charge in [0.05, 0.1) is 18.9 Å². The van der Waals surface area contributed by atoms with E-state index in [1.807, 2.05) is 12.1 Å². The van der Waals surface area contributed by atoms with E-state index in [4.69, 9.17) is 9.84 Å². The number of sulfonamides is 1. The molecule has 0 aliphatic heterocycles. The summed E-state index contributed by atoms with van der Waals surface area (Å²) >= 11 is 3.34. The van der Waals surface area contributed by atoms with Crippen molar-refractivity contribution in [3.05, 3.63) is 28.7 Å². The number of aliphatic hydroxyl groups is 1. The van der Waals surface area contributed by atoms with Gasteiger partial charge in [-0.05, 0) is 37.5 Å². The molecule has 0 aliphatic rings. The van der Waals surface area contributed by atoms with Crippen LogP contribution in [0, 0.1) is 11.8 Å². The molecule has 0 saturated carbocycles. The number of carboxylic acids is 1. The number of aliphatic carboxylic acids is 1. The van der Waals surface area contributed by atoms with E-state index in [1.165, 1.54) is 4.31 Å². The molecule has 1 atom stereocenters. The molecule has 1 aromatic rings. The predicted octanol–water partition coefficient (Wildman–Crippen LogP) is 2.49. The van der Waals surface area contributed by atoms with Crippen LogP contribution in [0.2, 0.25) is 0 Å². The van der Waals surface area contributed by atoms with Gasteiger partial charge in [-0.25, -0.2) is 8.42 Å². The van der Waals surface area contributed by atoms with E-state index in [1.54, 1.807) is 12.1 Å². The summed E-state index contributed by atoms with van der Waals surface area (Å²) in [5.41, 5.74) is 0. The van der Waals surface area contributed by atoms with Crippen LogP contribution in [0.4, 0.5) is 0 Å². The van der Waals surface area contributed by atoms with Crippen LogP contribution in [0.5, 0.6) is 5.75 Å². The molecule has 0 saturated heterocycles. The Morgan fingerprint density at radius 2 is 2.07 bits per heavy atom. The predicted molar refractivity (Wildman–Crippen MR) is 111 cm³/mol. The minimum Gasteiger partial charge on any atom is -0.491 e. The third kappa shape index (κ3) is 11.3. The maximum Gasteiger partial charge on any atom is 0.303 e. The van der Waals surface area contributed by atoms with Gasteiger partial charge in [0, 0.05) is 23.9 Å². The summed E-state index contributed by atoms with van der Waals surface area (Å²) in [5.74, 6) is 5.33. The Kier molecular flexibility index (Phi) is 11.2. The Bertz CT molecular complexity index is 787. The zero-order valence-electron chi connectivity index (χ0n) is 15.8. The van der Waals surface area contributed by atoms with Crippen LogP contribution in [0.25, 0.3) is 0 Å². The van der Waals surface area contributed by atoms with Crippen LogP contribution in [0.15, 0.2) is 28.7 Å². The zero-order valence-corrected chi connectivity index (χ0v) is 18.2. The first-order chi connectivity index (χ1) is 13.2. The van der Waals surface area contributed by atoms with Crippen LogP contribution in [0.1, 0.15) is 32.1 Å². The molecular weight excluding hydrogens is 450 g/mol. The van der Waals surface area contributed by atoms with Crippen LogP contribution in [-0.4, -0.2) is 61.0 Å². The number of carboxylic acid groups (broad SMARTS) is 1. The smallest absolute Gasteiger partial charge is 0.303 e. The molecule has 0 heterocycles. The molecular formula is C19H26BrNO6S.